The minimum Gasteiger partial charge on any atom is -0.293 e. The van der Waals surface area contributed by atoms with E-state index in [1.165, 1.54) is 30.3 Å². The molecule has 1 fully saturated rings. The molecule has 3 rings (SSSR count). The van der Waals surface area contributed by atoms with Crippen LogP contribution in [-0.4, -0.2) is 11.8 Å². The number of β-lactam (4-membered cyclic amide) rings is 1. The van der Waals surface area contributed by atoms with E-state index in [0.717, 1.165) is 12.1 Å². The lowest BCUT2D eigenvalue weighted by atomic mass is 9.88. The largest absolute Gasteiger partial charge is 0.416 e. The summed E-state index contributed by atoms with van der Waals surface area (Å²) in [6, 6.07) is 9.69. The Balaban J connectivity index is 2.03. The van der Waals surface area contributed by atoms with Crippen molar-refractivity contribution in [1.82, 2.24) is 0 Å². The first-order chi connectivity index (χ1) is 10.7. The molecule has 0 unspecified atom stereocenters. The van der Waals surface area contributed by atoms with Crippen molar-refractivity contribution in [2.45, 2.75) is 18.1 Å². The monoisotopic (exact) mass is 327 g/mol. The maximum absolute atomic E-state index is 13.9. The fourth-order valence-corrected chi connectivity index (χ4v) is 2.58. The van der Waals surface area contributed by atoms with Gasteiger partial charge in [-0.1, -0.05) is 36.4 Å². The lowest BCUT2D eigenvalue weighted by Crippen LogP contribution is -2.64. The van der Waals surface area contributed by atoms with Crippen molar-refractivity contribution in [3.8, 4) is 0 Å². The smallest absolute Gasteiger partial charge is 0.293 e. The lowest BCUT2D eigenvalue weighted by molar-refractivity contribution is -0.162. The molecule has 0 aromatic heterocycles. The van der Waals surface area contributed by atoms with Crippen LogP contribution < -0.4 is 4.90 Å². The molecule has 0 spiro atoms. The van der Waals surface area contributed by atoms with Crippen molar-refractivity contribution in [3.05, 3.63) is 65.7 Å². The van der Waals surface area contributed by atoms with Crippen molar-refractivity contribution in [2.75, 3.05) is 4.90 Å². The van der Waals surface area contributed by atoms with Gasteiger partial charge in [-0.3, -0.25) is 9.69 Å². The molecule has 23 heavy (non-hydrogen) atoms. The van der Waals surface area contributed by atoms with E-state index in [2.05, 4.69) is 0 Å². The molecule has 0 bridgehead atoms. The third-order valence-electron chi connectivity index (χ3n) is 3.67. The summed E-state index contributed by atoms with van der Waals surface area (Å²) in [5.41, 5.74) is -1.04. The van der Waals surface area contributed by atoms with E-state index in [1.54, 1.807) is 6.07 Å². The molecule has 1 aliphatic rings. The number of carbonyl (C=O) groups is 1. The number of rotatable bonds is 2. The van der Waals surface area contributed by atoms with Gasteiger partial charge in [0.2, 0.25) is 0 Å². The Hall–Kier alpha value is -2.44. The van der Waals surface area contributed by atoms with E-state index in [-0.39, 0.29) is 11.3 Å². The van der Waals surface area contributed by atoms with Gasteiger partial charge >= 0.3 is 18.0 Å². The van der Waals surface area contributed by atoms with Crippen molar-refractivity contribution in [3.63, 3.8) is 0 Å². The summed E-state index contributed by atoms with van der Waals surface area (Å²) >= 11 is 0. The molecule has 7 heteroatoms. The highest BCUT2D eigenvalue weighted by Gasteiger charge is 2.64. The highest BCUT2D eigenvalue weighted by molar-refractivity contribution is 6.07. The predicted octanol–water partition coefficient (Wildman–Crippen LogP) is 4.43. The van der Waals surface area contributed by atoms with E-state index < -0.39 is 29.6 Å². The average Bonchev–Trinajstić information content (AvgIpc) is 2.52. The van der Waals surface area contributed by atoms with E-state index in [9.17, 15) is 26.7 Å². The van der Waals surface area contributed by atoms with E-state index in [1.807, 2.05) is 0 Å². The predicted molar refractivity (Wildman–Crippen MR) is 73.1 cm³/mol. The number of hydrogen-bond donors (Lipinski definition) is 0. The second-order valence-corrected chi connectivity index (χ2v) is 5.16. The molecule has 2 aromatic rings. The number of amides is 1. The van der Waals surface area contributed by atoms with Gasteiger partial charge in [-0.2, -0.15) is 22.0 Å². The zero-order chi connectivity index (χ0) is 16.8. The first kappa shape index (κ1) is 15.5. The maximum atomic E-state index is 13.9. The molecule has 2 nitrogen and oxygen atoms in total. The summed E-state index contributed by atoms with van der Waals surface area (Å²) in [6.07, 6.45) is -4.62. The van der Waals surface area contributed by atoms with Gasteiger partial charge in [0.05, 0.1) is 5.56 Å². The van der Waals surface area contributed by atoms with Gasteiger partial charge < -0.3 is 0 Å². The van der Waals surface area contributed by atoms with Gasteiger partial charge in [0, 0.05) is 5.69 Å². The normalized spacial score (nSPS) is 20.3. The Bertz CT molecular complexity index is 742. The Kier molecular flexibility index (Phi) is 3.39. The van der Waals surface area contributed by atoms with Crippen LogP contribution in [0.15, 0.2) is 54.6 Å². The molecule has 0 N–H and O–H groups in total. The third-order valence-corrected chi connectivity index (χ3v) is 3.67. The van der Waals surface area contributed by atoms with Crippen LogP contribution in [0.25, 0.3) is 0 Å². The van der Waals surface area contributed by atoms with Crippen molar-refractivity contribution in [2.24, 2.45) is 0 Å². The molecule has 120 valence electrons. The number of nitrogens with zero attached hydrogens (tertiary/aromatic N) is 1. The summed E-state index contributed by atoms with van der Waals surface area (Å²) < 4.78 is 66.2. The van der Waals surface area contributed by atoms with Gasteiger partial charge in [0.15, 0.2) is 0 Å². The highest BCUT2D eigenvalue weighted by atomic mass is 19.4. The lowest BCUT2D eigenvalue weighted by Gasteiger charge is -2.46. The molecular formula is C16H10F5NO. The molecule has 2 aromatic carbocycles. The van der Waals surface area contributed by atoms with E-state index in [0.29, 0.717) is 11.0 Å². The fourth-order valence-electron chi connectivity index (χ4n) is 2.58. The summed E-state index contributed by atoms with van der Waals surface area (Å²) in [6.45, 7) is 0. The maximum Gasteiger partial charge on any atom is 0.416 e. The Morgan fingerprint density at radius 3 is 2.22 bits per heavy atom. The number of alkyl halides is 5. The van der Waals surface area contributed by atoms with Crippen LogP contribution in [0.5, 0.6) is 0 Å². The summed E-state index contributed by atoms with van der Waals surface area (Å²) in [5, 5.41) is 0. The van der Waals surface area contributed by atoms with Crippen LogP contribution in [0.3, 0.4) is 0 Å². The zero-order valence-corrected chi connectivity index (χ0v) is 11.5. The quantitative estimate of drug-likeness (QED) is 0.590. The van der Waals surface area contributed by atoms with Crippen molar-refractivity contribution >= 4 is 11.6 Å². The van der Waals surface area contributed by atoms with Crippen molar-refractivity contribution in [1.29, 1.82) is 0 Å². The Labute approximate surface area is 128 Å². The van der Waals surface area contributed by atoms with E-state index in [4.69, 9.17) is 0 Å². The average molecular weight is 327 g/mol. The summed E-state index contributed by atoms with van der Waals surface area (Å²) in [4.78, 5) is 12.4. The van der Waals surface area contributed by atoms with Crippen LogP contribution in [0.4, 0.5) is 27.6 Å². The highest BCUT2D eigenvalue weighted by Crippen LogP contribution is 2.50. The van der Waals surface area contributed by atoms with Crippen molar-refractivity contribution < 1.29 is 26.7 Å². The topological polar surface area (TPSA) is 20.3 Å². The SMILES string of the molecule is O=C1N(c2cccc(C(F)(F)F)c2)[C@H](c2ccccc2)C1(F)F. The minimum atomic E-state index is -4.62. The van der Waals surface area contributed by atoms with Crippen LogP contribution in [0.1, 0.15) is 17.2 Å². The number of halogens is 5. The molecule has 1 amide bonds. The summed E-state index contributed by atoms with van der Waals surface area (Å²) in [5.74, 6) is -5.15. The molecule has 1 aliphatic heterocycles. The molecule has 1 saturated heterocycles. The molecule has 1 heterocycles. The molecule has 0 aliphatic carbocycles. The van der Waals surface area contributed by atoms with Crippen LogP contribution in [-0.2, 0) is 11.0 Å². The molecular weight excluding hydrogens is 317 g/mol. The number of benzene rings is 2. The van der Waals surface area contributed by atoms with Gasteiger partial charge in [-0.25, -0.2) is 0 Å². The zero-order valence-electron chi connectivity index (χ0n) is 11.5. The van der Waals surface area contributed by atoms with E-state index >= 15 is 0 Å². The Morgan fingerprint density at radius 1 is 0.957 bits per heavy atom. The molecule has 0 saturated carbocycles. The van der Waals surface area contributed by atoms with Gasteiger partial charge in [0.1, 0.15) is 6.04 Å². The second-order valence-electron chi connectivity index (χ2n) is 5.16. The first-order valence-electron chi connectivity index (χ1n) is 6.66. The Morgan fingerprint density at radius 2 is 1.61 bits per heavy atom. The van der Waals surface area contributed by atoms with Crippen LogP contribution in [0.2, 0.25) is 0 Å². The number of anilines is 1. The second kappa shape index (κ2) is 5.04. The first-order valence-corrected chi connectivity index (χ1v) is 6.66. The van der Waals surface area contributed by atoms with Crippen LogP contribution >= 0.6 is 0 Å². The van der Waals surface area contributed by atoms with Crippen LogP contribution in [0, 0.1) is 0 Å². The number of hydrogen-bond acceptors (Lipinski definition) is 1. The van der Waals surface area contributed by atoms with Gasteiger partial charge in [-0.05, 0) is 23.8 Å². The third kappa shape index (κ3) is 2.46. The number of carbonyl (C=O) groups excluding carboxylic acids is 1. The standard InChI is InChI=1S/C16H10F5NO/c17-15(18)13(10-5-2-1-3-6-10)22(14(15)23)12-8-4-7-11(9-12)16(19,20)21/h1-9,13H/t13-/m1/s1. The minimum absolute atomic E-state index is 0.162. The van der Waals surface area contributed by atoms with Gasteiger partial charge in [0.25, 0.3) is 0 Å². The summed E-state index contributed by atoms with van der Waals surface area (Å²) in [7, 11) is 0. The molecule has 1 atom stereocenters. The fraction of sp³-hybridized carbons (Fsp3) is 0.188. The molecule has 0 radical (unpaired) electrons. The van der Waals surface area contributed by atoms with Gasteiger partial charge in [-0.15, -0.1) is 0 Å².